The number of amides is 2. The molecule has 0 aromatic carbocycles. The number of fused-ring (bicyclic) bond motifs is 1. The summed E-state index contributed by atoms with van der Waals surface area (Å²) in [6.07, 6.45) is 4.12. The van der Waals surface area contributed by atoms with E-state index >= 15 is 0 Å². The Morgan fingerprint density at radius 3 is 2.76 bits per heavy atom. The van der Waals surface area contributed by atoms with Gasteiger partial charge in [-0.05, 0) is 19.3 Å². The van der Waals surface area contributed by atoms with Crippen molar-refractivity contribution in [3.63, 3.8) is 0 Å². The molecule has 1 aromatic heterocycles. The van der Waals surface area contributed by atoms with E-state index in [4.69, 9.17) is 0 Å². The molecule has 1 aromatic rings. The number of rotatable bonds is 4. The number of hydrogen-bond acceptors (Lipinski definition) is 4. The zero-order chi connectivity index (χ0) is 18.0. The highest BCUT2D eigenvalue weighted by molar-refractivity contribution is 5.77. The number of nitrogens with zero attached hydrogens (tertiary/aromatic N) is 3. The van der Waals surface area contributed by atoms with Gasteiger partial charge >= 0.3 is 0 Å². The van der Waals surface area contributed by atoms with Crippen LogP contribution in [0.4, 0.5) is 0 Å². The Labute approximate surface area is 147 Å². The number of aromatic amines is 1. The molecule has 3 rings (SSSR count). The Morgan fingerprint density at radius 1 is 1.24 bits per heavy atom. The minimum atomic E-state index is -0.176. The van der Waals surface area contributed by atoms with Gasteiger partial charge in [0.1, 0.15) is 5.82 Å². The molecule has 1 unspecified atom stereocenters. The first-order chi connectivity index (χ1) is 12.0. The third kappa shape index (κ3) is 3.45. The lowest BCUT2D eigenvalue weighted by molar-refractivity contribution is -0.133. The van der Waals surface area contributed by atoms with Gasteiger partial charge in [-0.3, -0.25) is 14.4 Å². The van der Waals surface area contributed by atoms with Gasteiger partial charge in [-0.1, -0.05) is 13.8 Å². The molecule has 2 aliphatic rings. The molecule has 1 atom stereocenters. The van der Waals surface area contributed by atoms with Crippen LogP contribution in [0, 0.1) is 0 Å². The predicted molar refractivity (Wildman–Crippen MR) is 92.9 cm³/mol. The van der Waals surface area contributed by atoms with Gasteiger partial charge in [-0.2, -0.15) is 0 Å². The molecule has 7 nitrogen and oxygen atoms in total. The van der Waals surface area contributed by atoms with Crippen LogP contribution in [0.25, 0.3) is 0 Å². The standard InChI is InChI=1S/C18H26N4O3/c1-3-6-16(24)21-10-8-13-12(11-21)18(25)20-17(19-13)14-7-5-9-22(14)15(23)4-2/h14H,3-11H2,1-2H3,(H,19,20,25). The molecule has 0 spiro atoms. The van der Waals surface area contributed by atoms with Crippen LogP contribution in [-0.2, 0) is 22.6 Å². The quantitative estimate of drug-likeness (QED) is 0.896. The molecule has 0 saturated carbocycles. The van der Waals surface area contributed by atoms with E-state index in [1.54, 1.807) is 4.90 Å². The van der Waals surface area contributed by atoms with Crippen molar-refractivity contribution in [2.24, 2.45) is 0 Å². The van der Waals surface area contributed by atoms with Crippen LogP contribution in [0.15, 0.2) is 4.79 Å². The Morgan fingerprint density at radius 2 is 2.04 bits per heavy atom. The normalized spacial score (nSPS) is 19.8. The van der Waals surface area contributed by atoms with E-state index in [-0.39, 0.29) is 23.4 Å². The molecule has 1 saturated heterocycles. The third-order valence-corrected chi connectivity index (χ3v) is 5.09. The second-order valence-electron chi connectivity index (χ2n) is 6.79. The van der Waals surface area contributed by atoms with Crippen LogP contribution in [0.2, 0.25) is 0 Å². The molecule has 25 heavy (non-hydrogen) atoms. The van der Waals surface area contributed by atoms with Crippen molar-refractivity contribution in [3.8, 4) is 0 Å². The number of H-pyrrole nitrogens is 1. The van der Waals surface area contributed by atoms with Crippen LogP contribution in [-0.4, -0.2) is 44.7 Å². The molecule has 3 heterocycles. The van der Waals surface area contributed by atoms with E-state index in [1.807, 2.05) is 18.7 Å². The van der Waals surface area contributed by atoms with Crippen LogP contribution >= 0.6 is 0 Å². The molecule has 1 N–H and O–H groups in total. The number of nitrogens with one attached hydrogen (secondary N) is 1. The smallest absolute Gasteiger partial charge is 0.256 e. The third-order valence-electron chi connectivity index (χ3n) is 5.09. The molecular formula is C18H26N4O3. The Kier molecular flexibility index (Phi) is 5.20. The highest BCUT2D eigenvalue weighted by Crippen LogP contribution is 2.30. The molecular weight excluding hydrogens is 320 g/mol. The van der Waals surface area contributed by atoms with Crippen molar-refractivity contribution in [3.05, 3.63) is 27.4 Å². The van der Waals surface area contributed by atoms with Gasteiger partial charge in [0.05, 0.1) is 23.8 Å². The molecule has 0 bridgehead atoms. The fourth-order valence-electron chi connectivity index (χ4n) is 3.74. The van der Waals surface area contributed by atoms with Gasteiger partial charge in [0.15, 0.2) is 0 Å². The Balaban J connectivity index is 1.85. The summed E-state index contributed by atoms with van der Waals surface area (Å²) in [5.41, 5.74) is 1.19. The van der Waals surface area contributed by atoms with E-state index in [1.165, 1.54) is 0 Å². The lowest BCUT2D eigenvalue weighted by Crippen LogP contribution is -2.40. The summed E-state index contributed by atoms with van der Waals surface area (Å²) < 4.78 is 0. The highest BCUT2D eigenvalue weighted by atomic mass is 16.2. The minimum Gasteiger partial charge on any atom is -0.338 e. The van der Waals surface area contributed by atoms with Crippen LogP contribution in [0.3, 0.4) is 0 Å². The first-order valence-electron chi connectivity index (χ1n) is 9.24. The molecule has 136 valence electrons. The summed E-state index contributed by atoms with van der Waals surface area (Å²) in [4.78, 5) is 47.9. The van der Waals surface area contributed by atoms with Gasteiger partial charge in [0.2, 0.25) is 11.8 Å². The molecule has 2 amide bonds. The summed E-state index contributed by atoms with van der Waals surface area (Å²) in [5.74, 6) is 0.780. The maximum atomic E-state index is 12.6. The van der Waals surface area contributed by atoms with Crippen LogP contribution in [0.5, 0.6) is 0 Å². The minimum absolute atomic E-state index is 0.0899. The van der Waals surface area contributed by atoms with Crippen molar-refractivity contribution in [2.45, 2.75) is 65.0 Å². The van der Waals surface area contributed by atoms with Crippen LogP contribution < -0.4 is 5.56 Å². The van der Waals surface area contributed by atoms with E-state index < -0.39 is 0 Å². The molecule has 2 aliphatic heterocycles. The fraction of sp³-hybridized carbons (Fsp3) is 0.667. The zero-order valence-electron chi connectivity index (χ0n) is 15.0. The van der Waals surface area contributed by atoms with E-state index in [0.717, 1.165) is 31.5 Å². The average molecular weight is 346 g/mol. The van der Waals surface area contributed by atoms with Gasteiger partial charge in [-0.25, -0.2) is 4.98 Å². The number of carbonyl (C=O) groups excluding carboxylic acids is 2. The number of carbonyl (C=O) groups is 2. The second kappa shape index (κ2) is 7.37. The van der Waals surface area contributed by atoms with Gasteiger partial charge in [0, 0.05) is 32.4 Å². The topological polar surface area (TPSA) is 86.4 Å². The fourth-order valence-corrected chi connectivity index (χ4v) is 3.74. The molecule has 0 aliphatic carbocycles. The highest BCUT2D eigenvalue weighted by Gasteiger charge is 2.32. The second-order valence-corrected chi connectivity index (χ2v) is 6.79. The van der Waals surface area contributed by atoms with E-state index in [9.17, 15) is 14.4 Å². The summed E-state index contributed by atoms with van der Waals surface area (Å²) in [7, 11) is 0. The number of likely N-dealkylation sites (tertiary alicyclic amines) is 1. The Bertz CT molecular complexity index is 728. The van der Waals surface area contributed by atoms with E-state index in [0.29, 0.717) is 43.7 Å². The summed E-state index contributed by atoms with van der Waals surface area (Å²) in [6.45, 7) is 5.48. The predicted octanol–water partition coefficient (Wildman–Crippen LogP) is 1.53. The lowest BCUT2D eigenvalue weighted by atomic mass is 10.1. The summed E-state index contributed by atoms with van der Waals surface area (Å²) in [5, 5.41) is 0. The maximum Gasteiger partial charge on any atom is 0.256 e. The van der Waals surface area contributed by atoms with Crippen molar-refractivity contribution in [2.75, 3.05) is 13.1 Å². The van der Waals surface area contributed by atoms with Gasteiger partial charge < -0.3 is 14.8 Å². The van der Waals surface area contributed by atoms with Crippen molar-refractivity contribution >= 4 is 11.8 Å². The van der Waals surface area contributed by atoms with Gasteiger partial charge in [0.25, 0.3) is 5.56 Å². The average Bonchev–Trinajstić information content (AvgIpc) is 3.10. The number of aromatic nitrogens is 2. The van der Waals surface area contributed by atoms with Gasteiger partial charge in [-0.15, -0.1) is 0 Å². The Hall–Kier alpha value is -2.18. The summed E-state index contributed by atoms with van der Waals surface area (Å²) in [6, 6.07) is -0.134. The van der Waals surface area contributed by atoms with Crippen molar-refractivity contribution in [1.82, 2.24) is 19.8 Å². The largest absolute Gasteiger partial charge is 0.338 e. The zero-order valence-corrected chi connectivity index (χ0v) is 15.0. The van der Waals surface area contributed by atoms with Crippen molar-refractivity contribution < 1.29 is 9.59 Å². The first kappa shape index (κ1) is 17.6. The SMILES string of the molecule is CCCC(=O)N1CCc2nc(C3CCCN3C(=O)CC)[nH]c(=O)c2C1. The molecule has 7 heteroatoms. The first-order valence-corrected chi connectivity index (χ1v) is 9.24. The number of hydrogen-bond donors (Lipinski definition) is 1. The molecule has 1 fully saturated rings. The van der Waals surface area contributed by atoms with Crippen molar-refractivity contribution in [1.29, 1.82) is 0 Å². The van der Waals surface area contributed by atoms with E-state index in [2.05, 4.69) is 9.97 Å². The monoisotopic (exact) mass is 346 g/mol. The molecule has 0 radical (unpaired) electrons. The summed E-state index contributed by atoms with van der Waals surface area (Å²) >= 11 is 0. The maximum absolute atomic E-state index is 12.6. The van der Waals surface area contributed by atoms with Crippen LogP contribution in [0.1, 0.15) is 69.1 Å². The lowest BCUT2D eigenvalue weighted by Gasteiger charge is -2.29.